The van der Waals surface area contributed by atoms with Crippen LogP contribution in [0.5, 0.6) is 0 Å². The van der Waals surface area contributed by atoms with E-state index in [0.29, 0.717) is 6.54 Å². The van der Waals surface area contributed by atoms with Crippen LogP contribution < -0.4 is 5.32 Å². The molecule has 114 valence electrons. The lowest BCUT2D eigenvalue weighted by Crippen LogP contribution is -2.46. The van der Waals surface area contributed by atoms with E-state index in [4.69, 9.17) is 4.74 Å². The Morgan fingerprint density at radius 3 is 2.11 bits per heavy atom. The summed E-state index contributed by atoms with van der Waals surface area (Å²) in [6.45, 7) is 12.1. The number of ether oxygens (including phenoxy) is 1. The molecule has 0 fully saturated rings. The third-order valence-corrected chi connectivity index (χ3v) is 2.42. The quantitative estimate of drug-likeness (QED) is 0.506. The van der Waals surface area contributed by atoms with Crippen LogP contribution >= 0.6 is 0 Å². The highest BCUT2D eigenvalue weighted by Crippen LogP contribution is 2.19. The van der Waals surface area contributed by atoms with Crippen molar-refractivity contribution in [2.45, 2.75) is 72.4 Å². The van der Waals surface area contributed by atoms with Crippen LogP contribution in [0, 0.1) is 5.41 Å². The van der Waals surface area contributed by atoms with Gasteiger partial charge in [0.15, 0.2) is 12.4 Å². The van der Waals surface area contributed by atoms with Crippen LogP contribution in [0.2, 0.25) is 0 Å². The van der Waals surface area contributed by atoms with Gasteiger partial charge in [0, 0.05) is 6.54 Å². The summed E-state index contributed by atoms with van der Waals surface area (Å²) in [7, 11) is 0. The molecule has 3 N–H and O–H groups in total. The highest BCUT2D eigenvalue weighted by Gasteiger charge is 2.28. The second-order valence-electron chi connectivity index (χ2n) is 7.02. The lowest BCUT2D eigenvalue weighted by Gasteiger charge is -2.26. The number of carbonyl (C=O) groups excluding carboxylic acids is 1. The molecule has 0 heterocycles. The fourth-order valence-corrected chi connectivity index (χ4v) is 1.49. The second kappa shape index (κ2) is 7.22. The van der Waals surface area contributed by atoms with Crippen LogP contribution in [-0.4, -0.2) is 40.7 Å². The van der Waals surface area contributed by atoms with E-state index in [0.717, 1.165) is 12.8 Å². The molecule has 0 rings (SSSR count). The van der Waals surface area contributed by atoms with Crippen LogP contribution in [0.4, 0.5) is 0 Å². The molecule has 0 bridgehead atoms. The zero-order valence-electron chi connectivity index (χ0n) is 13.0. The molecule has 5 nitrogen and oxygen atoms in total. The maximum Gasteiger partial charge on any atom is 0.254 e. The first kappa shape index (κ1) is 18.4. The SMILES string of the molecule is CC(C)(C)CCCNC(=O)C(O)[C@H](O)OC(C)(C)C. The predicted molar refractivity (Wildman–Crippen MR) is 74.6 cm³/mol. The van der Waals surface area contributed by atoms with E-state index in [1.807, 2.05) is 0 Å². The van der Waals surface area contributed by atoms with Crippen molar-refractivity contribution in [3.05, 3.63) is 0 Å². The van der Waals surface area contributed by atoms with Gasteiger partial charge in [-0.3, -0.25) is 4.79 Å². The van der Waals surface area contributed by atoms with Gasteiger partial charge in [0.25, 0.3) is 5.91 Å². The number of amides is 1. The van der Waals surface area contributed by atoms with Gasteiger partial charge in [-0.1, -0.05) is 20.8 Å². The zero-order chi connectivity index (χ0) is 15.3. The van der Waals surface area contributed by atoms with Gasteiger partial charge in [-0.05, 0) is 39.0 Å². The molecular formula is C14H29NO4. The average molecular weight is 275 g/mol. The number of hydrogen-bond acceptors (Lipinski definition) is 4. The Balaban J connectivity index is 4.00. The Morgan fingerprint density at radius 1 is 1.16 bits per heavy atom. The summed E-state index contributed by atoms with van der Waals surface area (Å²) < 4.78 is 5.13. The minimum absolute atomic E-state index is 0.220. The summed E-state index contributed by atoms with van der Waals surface area (Å²) in [5.74, 6) is -0.606. The molecule has 1 amide bonds. The van der Waals surface area contributed by atoms with Crippen molar-refractivity contribution in [2.75, 3.05) is 6.54 Å². The van der Waals surface area contributed by atoms with Gasteiger partial charge in [0.05, 0.1) is 5.60 Å². The molecule has 2 atom stereocenters. The van der Waals surface area contributed by atoms with Crippen molar-refractivity contribution in [3.63, 3.8) is 0 Å². The molecule has 0 radical (unpaired) electrons. The summed E-state index contributed by atoms with van der Waals surface area (Å²) in [4.78, 5) is 11.6. The Kier molecular flexibility index (Phi) is 6.97. The van der Waals surface area contributed by atoms with Crippen LogP contribution in [0.3, 0.4) is 0 Å². The lowest BCUT2D eigenvalue weighted by atomic mass is 9.91. The van der Waals surface area contributed by atoms with E-state index < -0.39 is 23.9 Å². The molecule has 0 aromatic carbocycles. The zero-order valence-corrected chi connectivity index (χ0v) is 13.0. The van der Waals surface area contributed by atoms with Crippen molar-refractivity contribution in [1.82, 2.24) is 5.32 Å². The molecule has 0 aromatic rings. The number of hydrogen-bond donors (Lipinski definition) is 3. The summed E-state index contributed by atoms with van der Waals surface area (Å²) in [6.07, 6.45) is -1.26. The molecule has 0 saturated carbocycles. The normalized spacial score (nSPS) is 16.0. The molecule has 0 spiro atoms. The third kappa shape index (κ3) is 9.87. The highest BCUT2D eigenvalue weighted by molar-refractivity contribution is 5.80. The Morgan fingerprint density at radius 2 is 1.68 bits per heavy atom. The van der Waals surface area contributed by atoms with Crippen LogP contribution in [0.1, 0.15) is 54.4 Å². The molecule has 0 aromatic heterocycles. The molecular weight excluding hydrogens is 246 g/mol. The first-order valence-corrected chi connectivity index (χ1v) is 6.74. The maximum absolute atomic E-state index is 11.6. The van der Waals surface area contributed by atoms with E-state index in [2.05, 4.69) is 26.1 Å². The molecule has 5 heteroatoms. The monoisotopic (exact) mass is 275 g/mol. The molecule has 19 heavy (non-hydrogen) atoms. The van der Waals surface area contributed by atoms with Crippen molar-refractivity contribution in [2.24, 2.45) is 5.41 Å². The largest absolute Gasteiger partial charge is 0.379 e. The van der Waals surface area contributed by atoms with Gasteiger partial charge in [0.1, 0.15) is 0 Å². The van der Waals surface area contributed by atoms with E-state index >= 15 is 0 Å². The number of nitrogens with one attached hydrogen (secondary N) is 1. The average Bonchev–Trinajstić information content (AvgIpc) is 2.19. The molecule has 0 aliphatic rings. The molecule has 0 aliphatic heterocycles. The summed E-state index contributed by atoms with van der Waals surface area (Å²) in [5, 5.41) is 21.8. The van der Waals surface area contributed by atoms with Crippen molar-refractivity contribution < 1.29 is 19.7 Å². The van der Waals surface area contributed by atoms with Gasteiger partial charge in [-0.15, -0.1) is 0 Å². The Bertz CT molecular complexity index is 278. The minimum Gasteiger partial charge on any atom is -0.379 e. The summed E-state index contributed by atoms with van der Waals surface area (Å²) >= 11 is 0. The second-order valence-corrected chi connectivity index (χ2v) is 7.02. The standard InChI is InChI=1S/C14H29NO4/c1-13(2,3)8-7-9-15-11(17)10(16)12(18)19-14(4,5)6/h10,12,16,18H,7-9H2,1-6H3,(H,15,17)/t10?,12-/m1/s1. The number of rotatable bonds is 6. The first-order chi connectivity index (χ1) is 8.42. The van der Waals surface area contributed by atoms with E-state index in [1.54, 1.807) is 20.8 Å². The third-order valence-electron chi connectivity index (χ3n) is 2.42. The molecule has 1 unspecified atom stereocenters. The number of aliphatic hydroxyl groups is 2. The van der Waals surface area contributed by atoms with Gasteiger partial charge in [0.2, 0.25) is 0 Å². The highest BCUT2D eigenvalue weighted by atomic mass is 16.6. The number of aliphatic hydroxyl groups excluding tert-OH is 2. The predicted octanol–water partition coefficient (Wildman–Crippen LogP) is 1.42. The van der Waals surface area contributed by atoms with Gasteiger partial charge < -0.3 is 20.3 Å². The summed E-state index contributed by atoms with van der Waals surface area (Å²) in [6, 6.07) is 0. The fourth-order valence-electron chi connectivity index (χ4n) is 1.49. The topological polar surface area (TPSA) is 78.8 Å². The summed E-state index contributed by atoms with van der Waals surface area (Å²) in [5.41, 5.74) is -0.398. The van der Waals surface area contributed by atoms with Gasteiger partial charge in [-0.25, -0.2) is 0 Å². The first-order valence-electron chi connectivity index (χ1n) is 6.74. The number of carbonyl (C=O) groups is 1. The van der Waals surface area contributed by atoms with Crippen molar-refractivity contribution in [3.8, 4) is 0 Å². The maximum atomic E-state index is 11.6. The Hall–Kier alpha value is -0.650. The molecule has 0 saturated heterocycles. The fraction of sp³-hybridized carbons (Fsp3) is 0.929. The van der Waals surface area contributed by atoms with E-state index in [-0.39, 0.29) is 5.41 Å². The van der Waals surface area contributed by atoms with Gasteiger partial charge in [-0.2, -0.15) is 0 Å². The van der Waals surface area contributed by atoms with E-state index in [9.17, 15) is 15.0 Å². The lowest BCUT2D eigenvalue weighted by molar-refractivity contribution is -0.210. The van der Waals surface area contributed by atoms with Crippen molar-refractivity contribution in [1.29, 1.82) is 0 Å². The Labute approximate surface area is 116 Å². The minimum atomic E-state index is -1.56. The van der Waals surface area contributed by atoms with Gasteiger partial charge >= 0.3 is 0 Å². The van der Waals surface area contributed by atoms with E-state index in [1.165, 1.54) is 0 Å². The van der Waals surface area contributed by atoms with Crippen LogP contribution in [-0.2, 0) is 9.53 Å². The molecule has 0 aliphatic carbocycles. The van der Waals surface area contributed by atoms with Crippen LogP contribution in [0.15, 0.2) is 0 Å². The smallest absolute Gasteiger partial charge is 0.254 e. The van der Waals surface area contributed by atoms with Crippen LogP contribution in [0.25, 0.3) is 0 Å². The van der Waals surface area contributed by atoms with Crippen molar-refractivity contribution >= 4 is 5.91 Å².